The van der Waals surface area contributed by atoms with Gasteiger partial charge in [0.15, 0.2) is 12.1 Å². The summed E-state index contributed by atoms with van der Waals surface area (Å²) in [6.45, 7) is 1.69. The number of nitrogens with one attached hydrogen (secondary N) is 1. The summed E-state index contributed by atoms with van der Waals surface area (Å²) in [5.41, 5.74) is 2.86. The summed E-state index contributed by atoms with van der Waals surface area (Å²) >= 11 is 0. The van der Waals surface area contributed by atoms with Crippen molar-refractivity contribution in [3.05, 3.63) is 47.7 Å². The van der Waals surface area contributed by atoms with Gasteiger partial charge in [0.25, 0.3) is 18.4 Å². The number of nitrogens with two attached hydrogens (primary N) is 1. The number of anilines is 1. The number of aliphatic imine (C=N–C) groups is 1. The van der Waals surface area contributed by atoms with Gasteiger partial charge in [0.2, 0.25) is 5.88 Å². The molecule has 1 saturated heterocycles. The Morgan fingerprint density at radius 3 is 2.88 bits per heavy atom. The van der Waals surface area contributed by atoms with Gasteiger partial charge < -0.3 is 25.3 Å². The first-order chi connectivity index (χ1) is 16.3. The van der Waals surface area contributed by atoms with Gasteiger partial charge in [-0.2, -0.15) is 0 Å². The van der Waals surface area contributed by atoms with Gasteiger partial charge in [-0.15, -0.1) is 5.92 Å². The Morgan fingerprint density at radius 1 is 1.35 bits per heavy atom. The second-order valence-corrected chi connectivity index (χ2v) is 7.48. The molecule has 1 fully saturated rings. The Hall–Kier alpha value is -3.85. The van der Waals surface area contributed by atoms with Gasteiger partial charge in [-0.1, -0.05) is 5.92 Å². The second kappa shape index (κ2) is 9.56. The van der Waals surface area contributed by atoms with Gasteiger partial charge in [-0.25, -0.2) is 28.1 Å². The van der Waals surface area contributed by atoms with E-state index in [0.29, 0.717) is 0 Å². The summed E-state index contributed by atoms with van der Waals surface area (Å²) in [5, 5.41) is 2.51. The lowest BCUT2D eigenvalue weighted by Crippen LogP contribution is -2.52. The second-order valence-electron chi connectivity index (χ2n) is 7.48. The molecule has 1 amide bonds. The van der Waals surface area contributed by atoms with Crippen LogP contribution in [0.3, 0.4) is 0 Å². The molecule has 3 atom stereocenters. The van der Waals surface area contributed by atoms with Crippen molar-refractivity contribution in [3.63, 3.8) is 0 Å². The van der Waals surface area contributed by atoms with E-state index in [9.17, 15) is 18.0 Å². The van der Waals surface area contributed by atoms with E-state index in [2.05, 4.69) is 32.1 Å². The number of carbonyl (C=O) groups is 1. The van der Waals surface area contributed by atoms with Gasteiger partial charge >= 0.3 is 0 Å². The fourth-order valence-electron chi connectivity index (χ4n) is 3.89. The highest BCUT2D eigenvalue weighted by Crippen LogP contribution is 2.48. The SMILES string of the molecule is CC#CCOc1cnc(C(=O)Nc2ccc(F)c([C@@]3(C(F)F)N=C(N)O[C@H]4COC[C@H]43)c2)cn1. The third-order valence-electron chi connectivity index (χ3n) is 5.48. The Balaban J connectivity index is 1.61. The highest BCUT2D eigenvalue weighted by atomic mass is 19.3. The standard InChI is InChI=1S/C22H20F3N5O4/c1-2-3-6-33-18-9-27-16(8-28-18)19(31)29-12-4-5-15(23)13(7-12)22(20(24)25)14-10-32-11-17(14)34-21(26)30-22/h4-5,7-9,14,17,20H,6,10-11H2,1H3,(H2,26,30)(H,29,31)/t14-,17+,22-/m1/s1. The molecule has 12 heteroatoms. The van der Waals surface area contributed by atoms with Crippen LogP contribution in [0.2, 0.25) is 0 Å². The average molecular weight is 475 g/mol. The lowest BCUT2D eigenvalue weighted by molar-refractivity contribution is -0.0305. The van der Waals surface area contributed by atoms with E-state index < -0.39 is 47.3 Å². The van der Waals surface area contributed by atoms with Gasteiger partial charge in [0.1, 0.15) is 17.6 Å². The molecule has 1 aromatic carbocycles. The molecule has 3 heterocycles. The molecule has 0 saturated carbocycles. The van der Waals surface area contributed by atoms with Crippen molar-refractivity contribution < 1.29 is 32.2 Å². The van der Waals surface area contributed by atoms with E-state index in [1.54, 1.807) is 6.92 Å². The van der Waals surface area contributed by atoms with Gasteiger partial charge in [-0.3, -0.25) is 4.79 Å². The zero-order valence-electron chi connectivity index (χ0n) is 17.9. The lowest BCUT2D eigenvalue weighted by atomic mass is 9.76. The number of ether oxygens (including phenoxy) is 3. The largest absolute Gasteiger partial charge is 0.463 e. The molecule has 0 aliphatic carbocycles. The first-order valence-corrected chi connectivity index (χ1v) is 10.2. The van der Waals surface area contributed by atoms with Crippen LogP contribution < -0.4 is 15.8 Å². The molecule has 0 unspecified atom stereocenters. The van der Waals surface area contributed by atoms with Crippen LogP contribution in [0, 0.1) is 23.6 Å². The molecule has 34 heavy (non-hydrogen) atoms. The maximum absolute atomic E-state index is 14.9. The number of fused-ring (bicyclic) bond motifs is 1. The number of rotatable bonds is 6. The third kappa shape index (κ3) is 4.34. The van der Waals surface area contributed by atoms with E-state index in [-0.39, 0.29) is 37.1 Å². The zero-order chi connectivity index (χ0) is 24.3. The van der Waals surface area contributed by atoms with Crippen LogP contribution in [0.5, 0.6) is 5.88 Å². The quantitative estimate of drug-likeness (QED) is 0.614. The number of nitrogens with zero attached hydrogens (tertiary/aromatic N) is 3. The molecule has 0 radical (unpaired) electrons. The number of halogens is 3. The Morgan fingerprint density at radius 2 is 2.18 bits per heavy atom. The number of carbonyl (C=O) groups excluding carboxylic acids is 1. The monoisotopic (exact) mass is 475 g/mol. The summed E-state index contributed by atoms with van der Waals surface area (Å²) in [6, 6.07) is 2.83. The normalized spacial score (nSPS) is 23.3. The molecular weight excluding hydrogens is 455 g/mol. The summed E-state index contributed by atoms with van der Waals surface area (Å²) in [7, 11) is 0. The molecule has 2 aromatic rings. The van der Waals surface area contributed by atoms with E-state index >= 15 is 0 Å². The van der Waals surface area contributed by atoms with E-state index in [1.807, 2.05) is 0 Å². The molecule has 2 aliphatic rings. The first-order valence-electron chi connectivity index (χ1n) is 10.2. The van der Waals surface area contributed by atoms with Crippen LogP contribution in [0.15, 0.2) is 35.6 Å². The number of benzene rings is 1. The van der Waals surface area contributed by atoms with Crippen LogP contribution in [-0.4, -0.2) is 54.2 Å². The molecular formula is C22H20F3N5O4. The molecule has 1 aromatic heterocycles. The van der Waals surface area contributed by atoms with Crippen molar-refractivity contribution in [1.82, 2.24) is 9.97 Å². The van der Waals surface area contributed by atoms with Crippen molar-refractivity contribution in [2.45, 2.75) is 25.0 Å². The van der Waals surface area contributed by atoms with Gasteiger partial charge in [0, 0.05) is 11.3 Å². The number of amides is 1. The number of amidine groups is 1. The number of alkyl halides is 2. The maximum Gasteiger partial charge on any atom is 0.283 e. The van der Waals surface area contributed by atoms with Crippen molar-refractivity contribution in [3.8, 4) is 17.7 Å². The number of hydrogen-bond acceptors (Lipinski definition) is 8. The number of aromatic nitrogens is 2. The fraction of sp³-hybridized carbons (Fsp3) is 0.364. The van der Waals surface area contributed by atoms with Crippen molar-refractivity contribution in [2.24, 2.45) is 16.6 Å². The molecule has 0 spiro atoms. The molecule has 9 nitrogen and oxygen atoms in total. The van der Waals surface area contributed by atoms with E-state index in [4.69, 9.17) is 19.9 Å². The average Bonchev–Trinajstić information content (AvgIpc) is 3.29. The summed E-state index contributed by atoms with van der Waals surface area (Å²) in [4.78, 5) is 24.4. The lowest BCUT2D eigenvalue weighted by Gasteiger charge is -2.40. The van der Waals surface area contributed by atoms with Crippen LogP contribution in [0.4, 0.5) is 18.9 Å². The van der Waals surface area contributed by atoms with Crippen LogP contribution in [-0.2, 0) is 15.0 Å². The topological polar surface area (TPSA) is 121 Å². The smallest absolute Gasteiger partial charge is 0.283 e. The van der Waals surface area contributed by atoms with E-state index in [1.165, 1.54) is 18.5 Å². The molecule has 178 valence electrons. The third-order valence-corrected chi connectivity index (χ3v) is 5.48. The minimum atomic E-state index is -3.12. The van der Waals surface area contributed by atoms with E-state index in [0.717, 1.165) is 12.1 Å². The van der Waals surface area contributed by atoms with Crippen molar-refractivity contribution >= 4 is 17.6 Å². The van der Waals surface area contributed by atoms with Crippen molar-refractivity contribution in [2.75, 3.05) is 25.1 Å². The molecule has 0 bridgehead atoms. The van der Waals surface area contributed by atoms with Crippen LogP contribution in [0.25, 0.3) is 0 Å². The predicted octanol–water partition coefficient (Wildman–Crippen LogP) is 2.09. The molecule has 4 rings (SSSR count). The number of hydrogen-bond donors (Lipinski definition) is 2. The van der Waals surface area contributed by atoms with Crippen LogP contribution >= 0.6 is 0 Å². The zero-order valence-corrected chi connectivity index (χ0v) is 17.9. The maximum atomic E-state index is 14.9. The van der Waals surface area contributed by atoms with Gasteiger partial charge in [-0.05, 0) is 25.1 Å². The van der Waals surface area contributed by atoms with Gasteiger partial charge in [0.05, 0.1) is 31.5 Å². The predicted molar refractivity (Wildman–Crippen MR) is 114 cm³/mol. The first kappa shape index (κ1) is 23.3. The fourth-order valence-corrected chi connectivity index (χ4v) is 3.89. The van der Waals surface area contributed by atoms with Crippen molar-refractivity contribution in [1.29, 1.82) is 0 Å². The van der Waals surface area contributed by atoms with Crippen LogP contribution in [0.1, 0.15) is 23.0 Å². The Labute approximate surface area is 192 Å². The molecule has 2 aliphatic heterocycles. The summed E-state index contributed by atoms with van der Waals surface area (Å²) < 4.78 is 59.7. The Bertz CT molecular complexity index is 1170. The summed E-state index contributed by atoms with van der Waals surface area (Å²) in [6.07, 6.45) is -1.50. The minimum absolute atomic E-state index is 0.0246. The highest BCUT2D eigenvalue weighted by Gasteiger charge is 2.58. The summed E-state index contributed by atoms with van der Waals surface area (Å²) in [5.74, 6) is 2.93. The minimum Gasteiger partial charge on any atom is -0.463 e. The molecule has 3 N–H and O–H groups in total. The Kier molecular flexibility index (Phi) is 6.56. The highest BCUT2D eigenvalue weighted by molar-refractivity contribution is 6.02.